The number of aromatic hydroxyl groups is 1. The van der Waals surface area contributed by atoms with Crippen molar-refractivity contribution in [3.8, 4) is 11.5 Å². The molecule has 1 aromatic heterocycles. The number of carbonyl (C=O) groups is 1. The number of phenolic OH excluding ortho intramolecular Hbond substituents is 1. The Morgan fingerprint density at radius 2 is 2.00 bits per heavy atom. The highest BCUT2D eigenvalue weighted by Gasteiger charge is 2.73. The van der Waals surface area contributed by atoms with Gasteiger partial charge in [0.05, 0.1) is 22.6 Å². The monoisotopic (exact) mass is 471 g/mol. The first kappa shape index (κ1) is 20.2. The lowest BCUT2D eigenvalue weighted by molar-refractivity contribution is -0.192. The van der Waals surface area contributed by atoms with E-state index in [9.17, 15) is 15.0 Å². The van der Waals surface area contributed by atoms with Gasteiger partial charge in [0, 0.05) is 34.7 Å². The molecule has 7 nitrogen and oxygen atoms in total. The van der Waals surface area contributed by atoms with Crippen molar-refractivity contribution in [1.29, 1.82) is 0 Å². The fourth-order valence-electron chi connectivity index (χ4n) is 8.07. The molecule has 0 radical (unpaired) electrons. The normalized spacial score (nSPS) is 34.9. The third kappa shape index (κ3) is 2.40. The Balaban J connectivity index is 1.22. The molecule has 1 saturated heterocycles. The summed E-state index contributed by atoms with van der Waals surface area (Å²) in [5.41, 5.74) is 2.14. The number of fused-ring (bicyclic) bond motifs is 1. The molecule has 1 spiro atoms. The summed E-state index contributed by atoms with van der Waals surface area (Å²) in [6.07, 6.45) is 6.54. The van der Waals surface area contributed by atoms with Crippen molar-refractivity contribution in [3.05, 3.63) is 59.3 Å². The highest BCUT2D eigenvalue weighted by Crippen LogP contribution is 2.66. The van der Waals surface area contributed by atoms with Crippen LogP contribution in [0.25, 0.3) is 10.9 Å². The summed E-state index contributed by atoms with van der Waals surface area (Å²) >= 11 is 0. The van der Waals surface area contributed by atoms with Gasteiger partial charge in [-0.1, -0.05) is 24.3 Å². The molecule has 1 unspecified atom stereocenters. The molecule has 3 heterocycles. The van der Waals surface area contributed by atoms with Crippen LogP contribution < -0.4 is 10.1 Å². The zero-order valence-corrected chi connectivity index (χ0v) is 19.5. The first-order chi connectivity index (χ1) is 17.0. The van der Waals surface area contributed by atoms with Crippen molar-refractivity contribution in [2.45, 2.75) is 73.8 Å². The number of rotatable bonds is 3. The van der Waals surface area contributed by atoms with Crippen LogP contribution in [0, 0.1) is 0 Å². The van der Waals surface area contributed by atoms with Crippen LogP contribution in [-0.4, -0.2) is 62.4 Å². The lowest BCUT2D eigenvalue weighted by Gasteiger charge is -2.64. The van der Waals surface area contributed by atoms with Crippen LogP contribution in [0.3, 0.4) is 0 Å². The van der Waals surface area contributed by atoms with Gasteiger partial charge >= 0.3 is 0 Å². The molecule has 35 heavy (non-hydrogen) atoms. The Hall–Kier alpha value is -3.03. The van der Waals surface area contributed by atoms with E-state index >= 15 is 0 Å². The third-order valence-electron chi connectivity index (χ3n) is 9.67. The summed E-state index contributed by atoms with van der Waals surface area (Å²) in [6, 6.07) is 11.9. The molecule has 2 saturated carbocycles. The van der Waals surface area contributed by atoms with Gasteiger partial charge in [-0.05, 0) is 62.8 Å². The van der Waals surface area contributed by atoms with E-state index in [1.165, 1.54) is 18.4 Å². The van der Waals surface area contributed by atoms with Crippen LogP contribution in [-0.2, 0) is 11.8 Å². The first-order valence-corrected chi connectivity index (χ1v) is 12.9. The van der Waals surface area contributed by atoms with Gasteiger partial charge in [-0.2, -0.15) is 0 Å². The summed E-state index contributed by atoms with van der Waals surface area (Å²) in [5, 5.41) is 27.4. The summed E-state index contributed by atoms with van der Waals surface area (Å²) in [5.74, 6) is 0.498. The smallest absolute Gasteiger partial charge is 0.253 e. The van der Waals surface area contributed by atoms with Gasteiger partial charge in [-0.3, -0.25) is 9.69 Å². The second-order valence-electron chi connectivity index (χ2n) is 11.2. The largest absolute Gasteiger partial charge is 0.504 e. The predicted octanol–water partition coefficient (Wildman–Crippen LogP) is 2.99. The number of aromatic nitrogens is 1. The molecule has 2 aliphatic heterocycles. The number of piperidine rings is 1. The lowest BCUT2D eigenvalue weighted by atomic mass is 9.48. The van der Waals surface area contributed by atoms with Crippen LogP contribution >= 0.6 is 0 Å². The molecule has 3 aliphatic carbocycles. The highest BCUT2D eigenvalue weighted by atomic mass is 16.5. The number of likely N-dealkylation sites (tertiary alicyclic amines) is 1. The van der Waals surface area contributed by atoms with Crippen LogP contribution in [0.15, 0.2) is 42.6 Å². The highest BCUT2D eigenvalue weighted by molar-refractivity contribution is 6.06. The van der Waals surface area contributed by atoms with E-state index < -0.39 is 17.1 Å². The maximum atomic E-state index is 13.5. The number of aliphatic hydroxyl groups is 1. The van der Waals surface area contributed by atoms with Crippen LogP contribution in [0.5, 0.6) is 11.5 Å². The number of benzene rings is 2. The van der Waals surface area contributed by atoms with Crippen LogP contribution in [0.2, 0.25) is 0 Å². The van der Waals surface area contributed by atoms with E-state index in [1.54, 1.807) is 12.3 Å². The second-order valence-corrected chi connectivity index (χ2v) is 11.2. The maximum Gasteiger partial charge on any atom is 0.253 e. The third-order valence-corrected chi connectivity index (χ3v) is 9.67. The van der Waals surface area contributed by atoms with E-state index in [0.717, 1.165) is 35.9 Å². The molecule has 5 atom stereocenters. The number of nitrogens with one attached hydrogen (secondary N) is 2. The molecular weight excluding hydrogens is 442 g/mol. The Kier molecular flexibility index (Phi) is 3.80. The zero-order chi connectivity index (χ0) is 23.5. The summed E-state index contributed by atoms with van der Waals surface area (Å²) in [6.45, 7) is 0.912. The lowest BCUT2D eigenvalue weighted by Crippen LogP contribution is -2.78. The van der Waals surface area contributed by atoms with Gasteiger partial charge in [-0.25, -0.2) is 0 Å². The van der Waals surface area contributed by atoms with Crippen LogP contribution in [0.1, 0.15) is 53.6 Å². The fourth-order valence-corrected chi connectivity index (χ4v) is 8.07. The number of hydrogen-bond donors (Lipinski definition) is 4. The molecule has 2 aromatic carbocycles. The number of para-hydroxylation sites is 1. The minimum Gasteiger partial charge on any atom is -0.504 e. The van der Waals surface area contributed by atoms with E-state index in [1.807, 2.05) is 30.3 Å². The number of H-pyrrole nitrogens is 1. The Morgan fingerprint density at radius 1 is 1.14 bits per heavy atom. The average Bonchev–Trinajstić information content (AvgIpc) is 3.49. The molecule has 180 valence electrons. The van der Waals surface area contributed by atoms with Crippen molar-refractivity contribution in [2.24, 2.45) is 0 Å². The number of aromatic amines is 1. The predicted molar refractivity (Wildman–Crippen MR) is 130 cm³/mol. The quantitative estimate of drug-likeness (QED) is 0.471. The van der Waals surface area contributed by atoms with E-state index in [0.29, 0.717) is 30.2 Å². The molecule has 5 aliphatic rings. The minimum absolute atomic E-state index is 0.0445. The fraction of sp³-hybridized carbons (Fsp3) is 0.464. The molecule has 2 bridgehead atoms. The standard InChI is InChI=1S/C28H29N3O4/c32-21-8-5-15-13-22-28(34)10-9-20(30-26(33)18-14-29-19-4-2-1-3-17(18)19)25-27(28,23(15)24(21)35-25)11-12-31(22)16-6-7-16/h1-5,8,14,16,20,22,25,29,32,34H,6-7,9-13H2,(H,30,33)/t20-,22-,25?,27+,28-/m1/s1. The van der Waals surface area contributed by atoms with Crippen molar-refractivity contribution >= 4 is 16.8 Å². The number of hydrogen-bond acceptors (Lipinski definition) is 5. The van der Waals surface area contributed by atoms with Crippen molar-refractivity contribution < 1.29 is 19.7 Å². The molecule has 3 aromatic rings. The molecule has 7 heteroatoms. The topological polar surface area (TPSA) is 97.8 Å². The summed E-state index contributed by atoms with van der Waals surface area (Å²) in [4.78, 5) is 19.2. The van der Waals surface area contributed by atoms with E-state index in [4.69, 9.17) is 4.74 Å². The van der Waals surface area contributed by atoms with Crippen LogP contribution in [0.4, 0.5) is 0 Å². The molecular formula is C28H29N3O4. The number of ether oxygens (including phenoxy) is 1. The van der Waals surface area contributed by atoms with Gasteiger partial charge in [0.2, 0.25) is 0 Å². The first-order valence-electron chi connectivity index (χ1n) is 12.9. The zero-order valence-electron chi connectivity index (χ0n) is 19.5. The molecule has 4 N–H and O–H groups in total. The average molecular weight is 472 g/mol. The van der Waals surface area contributed by atoms with Crippen molar-refractivity contribution in [3.63, 3.8) is 0 Å². The number of nitrogens with zero attached hydrogens (tertiary/aromatic N) is 1. The number of amides is 1. The van der Waals surface area contributed by atoms with Gasteiger partial charge < -0.3 is 25.3 Å². The van der Waals surface area contributed by atoms with E-state index in [-0.39, 0.29) is 23.7 Å². The minimum atomic E-state index is -0.938. The molecule has 1 amide bonds. The van der Waals surface area contributed by atoms with Gasteiger partial charge in [-0.15, -0.1) is 0 Å². The Bertz CT molecular complexity index is 1400. The number of phenols is 1. The van der Waals surface area contributed by atoms with E-state index in [2.05, 4.69) is 15.2 Å². The summed E-state index contributed by atoms with van der Waals surface area (Å²) in [7, 11) is 0. The van der Waals surface area contributed by atoms with Crippen molar-refractivity contribution in [1.82, 2.24) is 15.2 Å². The van der Waals surface area contributed by atoms with Gasteiger partial charge in [0.1, 0.15) is 6.10 Å². The molecule has 3 fully saturated rings. The maximum absolute atomic E-state index is 13.5. The summed E-state index contributed by atoms with van der Waals surface area (Å²) < 4.78 is 6.55. The Morgan fingerprint density at radius 3 is 2.86 bits per heavy atom. The number of carbonyl (C=O) groups excluding carboxylic acids is 1. The second kappa shape index (κ2) is 6.59. The SMILES string of the molecule is O=C(N[C@@H]1CC[C@@]2(O)[C@H]3Cc4ccc(O)c5c4[C@@]2(CCN3C2CC2)C1O5)c1c[nH]c2ccccc12. The van der Waals surface area contributed by atoms with Gasteiger partial charge in [0.25, 0.3) is 5.91 Å². The molecule has 8 rings (SSSR count). The van der Waals surface area contributed by atoms with Crippen molar-refractivity contribution in [2.75, 3.05) is 6.54 Å². The Labute approximate surface area is 203 Å². The van der Waals surface area contributed by atoms with Gasteiger partial charge in [0.15, 0.2) is 11.5 Å².